The lowest BCUT2D eigenvalue weighted by molar-refractivity contribution is -0.0545. The third-order valence-corrected chi connectivity index (χ3v) is 5.31. The third kappa shape index (κ3) is 4.92. The normalized spacial score (nSPS) is 28.8. The van der Waals surface area contributed by atoms with Crippen LogP contribution < -0.4 is 11.4 Å². The van der Waals surface area contributed by atoms with Crippen LogP contribution in [0.4, 0.5) is 10.2 Å². The first-order valence-corrected chi connectivity index (χ1v) is 9.63. The van der Waals surface area contributed by atoms with Crippen molar-refractivity contribution in [2.24, 2.45) is 0 Å². The predicted molar refractivity (Wildman–Crippen MR) is 77.7 cm³/mol. The Balaban J connectivity index is 2.13. The van der Waals surface area contributed by atoms with Crippen molar-refractivity contribution >= 4 is 21.5 Å². The molecule has 1 aromatic heterocycles. The smallest absolute Gasteiger partial charge is 0.387 e. The fourth-order valence-electron chi connectivity index (χ4n) is 2.06. The van der Waals surface area contributed by atoms with Gasteiger partial charge in [0.1, 0.15) is 18.3 Å². The van der Waals surface area contributed by atoms with Crippen molar-refractivity contribution in [3.8, 4) is 0 Å². The van der Waals surface area contributed by atoms with Crippen molar-refractivity contribution in [3.05, 3.63) is 22.5 Å². The number of hydrogen-bond donors (Lipinski definition) is 6. The van der Waals surface area contributed by atoms with Crippen LogP contribution in [0.3, 0.4) is 0 Å². The van der Waals surface area contributed by atoms with Crippen LogP contribution in [0, 0.1) is 5.82 Å². The highest BCUT2D eigenvalue weighted by atomic mass is 31.3. The number of hydrogen-bond acceptors (Lipinski definition) is 10. The average Bonchev–Trinajstić information content (AvgIpc) is 2.75. The molecule has 1 saturated heterocycles. The highest BCUT2D eigenvalue weighted by Crippen LogP contribution is 2.57. The summed E-state index contributed by atoms with van der Waals surface area (Å²) in [4.78, 5) is 41.0. The van der Waals surface area contributed by atoms with E-state index in [1.165, 1.54) is 0 Å². The number of rotatable bonds is 6. The summed E-state index contributed by atoms with van der Waals surface area (Å²) in [7, 11) is -10.6. The maximum absolute atomic E-state index is 13.5. The first kappa shape index (κ1) is 21.1. The van der Waals surface area contributed by atoms with E-state index < -0.39 is 64.1 Å². The zero-order valence-electron chi connectivity index (χ0n) is 12.5. The Morgan fingerprint density at radius 1 is 1.31 bits per heavy atom. The van der Waals surface area contributed by atoms with E-state index in [4.69, 9.17) is 25.2 Å². The quantitative estimate of drug-likeness (QED) is 0.269. The standard InChI is InChI=1S/C9H14FN3O11P2/c10-3-1-13(9(16)12-7(3)11)8-6(15)5(14)4(23-8)2-22-26(20,21)24-25(17,18)19/h1,4-6,8,14-15H,2H2,(H,20,21)(H2,11,12,16)(H2,17,18,19)/t4-,5-,6-,8-/m1/s1. The van der Waals surface area contributed by atoms with Gasteiger partial charge in [0.15, 0.2) is 17.9 Å². The van der Waals surface area contributed by atoms with Crippen LogP contribution in [0.5, 0.6) is 0 Å². The fourth-order valence-corrected chi connectivity index (χ4v) is 3.66. The summed E-state index contributed by atoms with van der Waals surface area (Å²) in [5.41, 5.74) is 4.00. The predicted octanol–water partition coefficient (Wildman–Crippen LogP) is -2.19. The maximum atomic E-state index is 13.5. The summed E-state index contributed by atoms with van der Waals surface area (Å²) < 4.78 is 48.7. The van der Waals surface area contributed by atoms with E-state index in [9.17, 15) is 28.5 Å². The van der Waals surface area contributed by atoms with E-state index in [-0.39, 0.29) is 0 Å². The molecule has 2 rings (SSSR count). The lowest BCUT2D eigenvalue weighted by atomic mass is 10.1. The van der Waals surface area contributed by atoms with Crippen LogP contribution in [0.25, 0.3) is 0 Å². The van der Waals surface area contributed by atoms with Crippen LogP contribution >= 0.6 is 15.6 Å². The first-order valence-electron chi connectivity index (χ1n) is 6.61. The van der Waals surface area contributed by atoms with Gasteiger partial charge in [0.05, 0.1) is 12.8 Å². The Bertz CT molecular complexity index is 828. The number of ether oxygens (including phenoxy) is 1. The highest BCUT2D eigenvalue weighted by molar-refractivity contribution is 7.60. The van der Waals surface area contributed by atoms with Crippen LogP contribution in [-0.4, -0.2) is 59.4 Å². The molecule has 0 radical (unpaired) electrons. The van der Waals surface area contributed by atoms with Crippen molar-refractivity contribution in [2.75, 3.05) is 12.3 Å². The van der Waals surface area contributed by atoms with Gasteiger partial charge in [-0.15, -0.1) is 0 Å². The van der Waals surface area contributed by atoms with Crippen molar-refractivity contribution in [1.82, 2.24) is 9.55 Å². The molecule has 1 aliphatic heterocycles. The molecule has 1 fully saturated rings. The van der Waals surface area contributed by atoms with Crippen LogP contribution in [0.15, 0.2) is 11.0 Å². The zero-order chi connectivity index (χ0) is 19.9. The minimum absolute atomic E-state index is 0.490. The SMILES string of the molecule is Nc1nc(=O)n([C@@H]2O[C@H](COP(=O)(O)OP(=O)(O)O)[C@@H](O)[C@H]2O)cc1F. The minimum Gasteiger partial charge on any atom is -0.387 e. The Morgan fingerprint density at radius 2 is 1.92 bits per heavy atom. The number of aliphatic hydroxyl groups excluding tert-OH is 2. The van der Waals surface area contributed by atoms with Gasteiger partial charge in [-0.3, -0.25) is 9.09 Å². The largest absolute Gasteiger partial charge is 0.481 e. The Hall–Kier alpha value is -1.25. The van der Waals surface area contributed by atoms with Gasteiger partial charge in [0.2, 0.25) is 0 Å². The lowest BCUT2D eigenvalue weighted by Crippen LogP contribution is -2.36. The number of nitrogens with zero attached hydrogens (tertiary/aromatic N) is 2. The van der Waals surface area contributed by atoms with E-state index in [0.717, 1.165) is 0 Å². The number of aromatic nitrogens is 2. The second kappa shape index (κ2) is 7.40. The number of phosphoric acid groups is 2. The van der Waals surface area contributed by atoms with Crippen LogP contribution in [-0.2, 0) is 22.7 Å². The molecular formula is C9H14FN3O11P2. The van der Waals surface area contributed by atoms with E-state index >= 15 is 0 Å². The summed E-state index contributed by atoms with van der Waals surface area (Å²) in [5, 5.41) is 19.8. The molecule has 1 aromatic rings. The molecule has 26 heavy (non-hydrogen) atoms. The van der Waals surface area contributed by atoms with E-state index in [1.54, 1.807) is 0 Å². The molecule has 0 spiro atoms. The molecule has 1 unspecified atom stereocenters. The molecule has 148 valence electrons. The molecule has 5 atom stereocenters. The molecule has 1 aliphatic rings. The van der Waals surface area contributed by atoms with Gasteiger partial charge in [-0.2, -0.15) is 9.29 Å². The van der Waals surface area contributed by atoms with Gasteiger partial charge >= 0.3 is 21.3 Å². The second-order valence-corrected chi connectivity index (χ2v) is 7.88. The third-order valence-electron chi connectivity index (χ3n) is 3.16. The topological polar surface area (TPSA) is 224 Å². The summed E-state index contributed by atoms with van der Waals surface area (Å²) in [6.45, 7) is -0.970. The lowest BCUT2D eigenvalue weighted by Gasteiger charge is -2.18. The van der Waals surface area contributed by atoms with Crippen molar-refractivity contribution in [3.63, 3.8) is 0 Å². The van der Waals surface area contributed by atoms with Crippen molar-refractivity contribution < 1.29 is 52.0 Å². The van der Waals surface area contributed by atoms with Gasteiger partial charge in [0.25, 0.3) is 0 Å². The first-order chi connectivity index (χ1) is 11.8. The number of nitrogen functional groups attached to an aromatic ring is 1. The highest BCUT2D eigenvalue weighted by Gasteiger charge is 2.46. The van der Waals surface area contributed by atoms with Crippen molar-refractivity contribution in [2.45, 2.75) is 24.5 Å². The van der Waals surface area contributed by atoms with Gasteiger partial charge in [-0.25, -0.2) is 18.3 Å². The van der Waals surface area contributed by atoms with Gasteiger partial charge < -0.3 is 35.4 Å². The number of halogens is 1. The zero-order valence-corrected chi connectivity index (χ0v) is 14.3. The average molecular weight is 421 g/mol. The second-order valence-electron chi connectivity index (χ2n) is 5.05. The van der Waals surface area contributed by atoms with E-state index in [1.807, 2.05) is 0 Å². The van der Waals surface area contributed by atoms with Gasteiger partial charge in [-0.1, -0.05) is 0 Å². The molecule has 14 nitrogen and oxygen atoms in total. The molecule has 0 bridgehead atoms. The van der Waals surface area contributed by atoms with Crippen LogP contribution in [0.2, 0.25) is 0 Å². The van der Waals surface area contributed by atoms with Gasteiger partial charge in [0, 0.05) is 0 Å². The summed E-state index contributed by atoms with van der Waals surface area (Å²) >= 11 is 0. The monoisotopic (exact) mass is 421 g/mol. The van der Waals surface area contributed by atoms with Crippen molar-refractivity contribution in [1.29, 1.82) is 0 Å². The molecule has 0 aromatic carbocycles. The molecular weight excluding hydrogens is 407 g/mol. The Morgan fingerprint density at radius 3 is 2.50 bits per heavy atom. The molecule has 7 N–H and O–H groups in total. The number of phosphoric ester groups is 1. The minimum atomic E-state index is -5.35. The fraction of sp³-hybridized carbons (Fsp3) is 0.556. The molecule has 0 aliphatic carbocycles. The number of nitrogens with two attached hydrogens (primary N) is 1. The molecule has 2 heterocycles. The molecule has 17 heteroatoms. The Kier molecular flexibility index (Phi) is 5.99. The molecule has 0 saturated carbocycles. The molecule has 0 amide bonds. The maximum Gasteiger partial charge on any atom is 0.481 e. The van der Waals surface area contributed by atoms with Gasteiger partial charge in [-0.05, 0) is 0 Å². The van der Waals surface area contributed by atoms with E-state index in [0.29, 0.717) is 10.8 Å². The summed E-state index contributed by atoms with van der Waals surface area (Å²) in [5.74, 6) is -1.81. The summed E-state index contributed by atoms with van der Waals surface area (Å²) in [6.07, 6.45) is -6.19. The Labute approximate surface area is 143 Å². The number of anilines is 1. The number of aliphatic hydroxyl groups is 2. The van der Waals surface area contributed by atoms with Crippen LogP contribution in [0.1, 0.15) is 6.23 Å². The summed E-state index contributed by atoms with van der Waals surface area (Å²) in [6, 6.07) is 0. The van der Waals surface area contributed by atoms with E-state index in [2.05, 4.69) is 13.8 Å².